The van der Waals surface area contributed by atoms with Crippen LogP contribution in [0.1, 0.15) is 33.6 Å². The summed E-state index contributed by atoms with van der Waals surface area (Å²) in [4.78, 5) is 11.0. The molecule has 0 saturated heterocycles. The van der Waals surface area contributed by atoms with Crippen LogP contribution in [0.25, 0.3) is 0 Å². The lowest BCUT2D eigenvalue weighted by atomic mass is 9.83. The van der Waals surface area contributed by atoms with Crippen molar-refractivity contribution in [2.45, 2.75) is 33.6 Å². The Kier molecular flexibility index (Phi) is 4.18. The zero-order chi connectivity index (χ0) is 9.78. The summed E-state index contributed by atoms with van der Waals surface area (Å²) < 4.78 is 0. The largest absolute Gasteiger partial charge is 0.395 e. The molecule has 0 bridgehead atoms. The Morgan fingerprint density at radius 3 is 2.33 bits per heavy atom. The Bertz CT molecular complexity index is 180. The van der Waals surface area contributed by atoms with Crippen molar-refractivity contribution < 1.29 is 9.90 Å². The molecule has 0 aromatic carbocycles. The maximum absolute atomic E-state index is 11.0. The van der Waals surface area contributed by atoms with E-state index in [0.29, 0.717) is 12.8 Å². The maximum Gasteiger partial charge on any atom is 0.136 e. The highest BCUT2D eigenvalue weighted by Gasteiger charge is 2.21. The fourth-order valence-electron chi connectivity index (χ4n) is 0.714. The van der Waals surface area contributed by atoms with Crippen LogP contribution in [0.15, 0.2) is 12.2 Å². The average Bonchev–Trinajstić information content (AvgIpc) is 2.04. The predicted molar refractivity (Wildman–Crippen MR) is 49.9 cm³/mol. The molecule has 1 N–H and O–H groups in total. The van der Waals surface area contributed by atoms with E-state index in [1.165, 1.54) is 0 Å². The van der Waals surface area contributed by atoms with E-state index in [9.17, 15) is 4.79 Å². The number of aliphatic hydroxyl groups excluding tert-OH is 1. The van der Waals surface area contributed by atoms with Gasteiger partial charge in [0.1, 0.15) is 5.78 Å². The summed E-state index contributed by atoms with van der Waals surface area (Å²) in [7, 11) is 0. The molecule has 0 spiro atoms. The minimum absolute atomic E-state index is 0.0445. The quantitative estimate of drug-likeness (QED) is 0.640. The van der Waals surface area contributed by atoms with Crippen LogP contribution in [-0.4, -0.2) is 17.5 Å². The molecule has 0 aliphatic heterocycles. The van der Waals surface area contributed by atoms with Crippen LogP contribution in [0.5, 0.6) is 0 Å². The van der Waals surface area contributed by atoms with Crippen LogP contribution in [0.2, 0.25) is 0 Å². The summed E-state index contributed by atoms with van der Waals surface area (Å²) >= 11 is 0. The minimum atomic E-state index is -0.329. The molecule has 70 valence electrons. The first-order valence-electron chi connectivity index (χ1n) is 4.25. The zero-order valence-electron chi connectivity index (χ0n) is 8.18. The second-order valence-electron chi connectivity index (χ2n) is 3.71. The molecule has 0 amide bonds. The normalized spacial score (nSPS) is 11.3. The van der Waals surface area contributed by atoms with Gasteiger partial charge in [-0.3, -0.25) is 4.79 Å². The molecule has 0 heterocycles. The zero-order valence-corrected chi connectivity index (χ0v) is 8.18. The van der Waals surface area contributed by atoms with Gasteiger partial charge in [0.15, 0.2) is 0 Å². The summed E-state index contributed by atoms with van der Waals surface area (Å²) in [6.45, 7) is 9.46. The van der Waals surface area contributed by atoms with Gasteiger partial charge in [-0.25, -0.2) is 0 Å². The average molecular weight is 170 g/mol. The first-order chi connectivity index (χ1) is 5.44. The molecule has 0 aliphatic carbocycles. The van der Waals surface area contributed by atoms with Crippen LogP contribution in [0, 0.1) is 5.41 Å². The van der Waals surface area contributed by atoms with Crippen LogP contribution in [0.4, 0.5) is 0 Å². The van der Waals surface area contributed by atoms with Gasteiger partial charge in [-0.1, -0.05) is 32.9 Å². The lowest BCUT2D eigenvalue weighted by Crippen LogP contribution is -2.20. The van der Waals surface area contributed by atoms with Gasteiger partial charge in [0.05, 0.1) is 6.61 Å². The third-order valence-corrected chi connectivity index (χ3v) is 2.16. The van der Waals surface area contributed by atoms with E-state index in [1.807, 2.05) is 20.8 Å². The van der Waals surface area contributed by atoms with Crippen molar-refractivity contribution >= 4 is 5.78 Å². The first kappa shape index (κ1) is 11.4. The first-order valence-corrected chi connectivity index (χ1v) is 4.25. The van der Waals surface area contributed by atoms with Gasteiger partial charge in [-0.05, 0) is 0 Å². The van der Waals surface area contributed by atoms with Crippen LogP contribution >= 0.6 is 0 Å². The van der Waals surface area contributed by atoms with Gasteiger partial charge >= 0.3 is 0 Å². The van der Waals surface area contributed by atoms with Crippen molar-refractivity contribution in [3.05, 3.63) is 12.2 Å². The Morgan fingerprint density at radius 1 is 1.50 bits per heavy atom. The highest BCUT2D eigenvalue weighted by Crippen LogP contribution is 2.26. The number of carbonyl (C=O) groups is 1. The fourth-order valence-corrected chi connectivity index (χ4v) is 0.714. The van der Waals surface area contributed by atoms with E-state index < -0.39 is 0 Å². The monoisotopic (exact) mass is 170 g/mol. The topological polar surface area (TPSA) is 37.3 Å². The molecular weight excluding hydrogens is 152 g/mol. The minimum Gasteiger partial charge on any atom is -0.395 e. The Labute approximate surface area is 74.3 Å². The van der Waals surface area contributed by atoms with E-state index in [0.717, 1.165) is 5.57 Å². The molecule has 2 heteroatoms. The van der Waals surface area contributed by atoms with Crippen molar-refractivity contribution in [2.24, 2.45) is 5.41 Å². The number of Topliss-reactive ketones (excluding diaryl/α,β-unsaturated/α-hetero) is 1. The Balaban J connectivity index is 4.13. The number of hydrogen-bond donors (Lipinski definition) is 1. The molecule has 2 nitrogen and oxygen atoms in total. The number of carbonyl (C=O) groups excluding carboxylic acids is 1. The Morgan fingerprint density at radius 2 is 2.00 bits per heavy atom. The summed E-state index contributed by atoms with van der Waals surface area (Å²) in [5, 5.41) is 8.98. The van der Waals surface area contributed by atoms with Crippen molar-refractivity contribution in [1.29, 1.82) is 0 Å². The van der Waals surface area contributed by atoms with Gasteiger partial charge in [0.25, 0.3) is 0 Å². The van der Waals surface area contributed by atoms with E-state index >= 15 is 0 Å². The molecule has 0 atom stereocenters. The second-order valence-corrected chi connectivity index (χ2v) is 3.71. The standard InChI is InChI=1S/C10H18O2/c1-5-9(12)6-8(2)10(3,4)7-11/h11H,2,5-7H2,1,3-4H3. The van der Waals surface area contributed by atoms with Gasteiger partial charge < -0.3 is 5.11 Å². The lowest BCUT2D eigenvalue weighted by Gasteiger charge is -2.24. The summed E-state index contributed by atoms with van der Waals surface area (Å²) in [5.41, 5.74) is 0.488. The van der Waals surface area contributed by atoms with Crippen molar-refractivity contribution in [2.75, 3.05) is 6.61 Å². The van der Waals surface area contributed by atoms with E-state index in [2.05, 4.69) is 6.58 Å². The molecule has 0 unspecified atom stereocenters. The van der Waals surface area contributed by atoms with Gasteiger partial charge in [0, 0.05) is 18.3 Å². The third kappa shape index (κ3) is 3.18. The van der Waals surface area contributed by atoms with E-state index in [-0.39, 0.29) is 17.8 Å². The number of hydrogen-bond acceptors (Lipinski definition) is 2. The highest BCUT2D eigenvalue weighted by molar-refractivity contribution is 5.80. The molecule has 0 aromatic rings. The van der Waals surface area contributed by atoms with Crippen LogP contribution < -0.4 is 0 Å². The molecule has 0 rings (SSSR count). The number of rotatable bonds is 5. The summed E-state index contributed by atoms with van der Waals surface area (Å²) in [6, 6.07) is 0. The summed E-state index contributed by atoms with van der Waals surface area (Å²) in [6.07, 6.45) is 0.935. The second kappa shape index (κ2) is 4.41. The molecular formula is C10H18O2. The third-order valence-electron chi connectivity index (χ3n) is 2.16. The number of aliphatic hydroxyl groups is 1. The molecule has 0 radical (unpaired) electrons. The lowest BCUT2D eigenvalue weighted by molar-refractivity contribution is -0.118. The fraction of sp³-hybridized carbons (Fsp3) is 0.700. The van der Waals surface area contributed by atoms with Crippen LogP contribution in [0.3, 0.4) is 0 Å². The van der Waals surface area contributed by atoms with Crippen molar-refractivity contribution in [3.63, 3.8) is 0 Å². The maximum atomic E-state index is 11.0. The molecule has 0 saturated carbocycles. The molecule has 0 fully saturated rings. The summed E-state index contributed by atoms with van der Waals surface area (Å²) in [5.74, 6) is 0.182. The van der Waals surface area contributed by atoms with E-state index in [4.69, 9.17) is 5.11 Å². The predicted octanol–water partition coefficient (Wildman–Crippen LogP) is 1.93. The SMILES string of the molecule is C=C(CC(=O)CC)C(C)(C)CO. The van der Waals surface area contributed by atoms with Gasteiger partial charge in [-0.15, -0.1) is 0 Å². The van der Waals surface area contributed by atoms with Crippen molar-refractivity contribution in [3.8, 4) is 0 Å². The molecule has 12 heavy (non-hydrogen) atoms. The van der Waals surface area contributed by atoms with Gasteiger partial charge in [-0.2, -0.15) is 0 Å². The highest BCUT2D eigenvalue weighted by atomic mass is 16.3. The van der Waals surface area contributed by atoms with Crippen LogP contribution in [-0.2, 0) is 4.79 Å². The van der Waals surface area contributed by atoms with Gasteiger partial charge in [0.2, 0.25) is 0 Å². The molecule has 0 aromatic heterocycles. The molecule has 0 aliphatic rings. The Hall–Kier alpha value is -0.630. The number of ketones is 1. The smallest absolute Gasteiger partial charge is 0.136 e. The van der Waals surface area contributed by atoms with Crippen molar-refractivity contribution in [1.82, 2.24) is 0 Å². The van der Waals surface area contributed by atoms with E-state index in [1.54, 1.807) is 0 Å².